The van der Waals surface area contributed by atoms with Crippen LogP contribution in [0.3, 0.4) is 0 Å². The molecule has 2 aromatic rings. The van der Waals surface area contributed by atoms with Gasteiger partial charge in [0.1, 0.15) is 23.8 Å². The Kier molecular flexibility index (Phi) is 6.30. The van der Waals surface area contributed by atoms with Crippen LogP contribution < -0.4 is 15.8 Å². The minimum atomic E-state index is -1.25. The molecule has 1 aromatic carbocycles. The van der Waals surface area contributed by atoms with Crippen LogP contribution in [0.2, 0.25) is 5.02 Å². The maximum atomic E-state index is 14.2. The average molecular weight is 464 g/mol. The highest BCUT2D eigenvalue weighted by Gasteiger charge is 2.32. The van der Waals surface area contributed by atoms with E-state index >= 15 is 0 Å². The number of alkyl halides is 1. The SMILES string of the molecule is Cc1nc(C2=C(N)CN(C(=O)c3ccc(F)cc3OC3CCNCC3F)C2)nc(C)c1Cl. The van der Waals surface area contributed by atoms with Gasteiger partial charge in [-0.1, -0.05) is 11.6 Å². The van der Waals surface area contributed by atoms with Gasteiger partial charge in [-0.25, -0.2) is 18.7 Å². The monoisotopic (exact) mass is 463 g/mol. The predicted octanol–water partition coefficient (Wildman–Crippen LogP) is 2.79. The number of halogens is 3. The molecule has 2 atom stereocenters. The molecule has 1 amide bonds. The number of piperidine rings is 1. The second-order valence-corrected chi connectivity index (χ2v) is 8.38. The van der Waals surface area contributed by atoms with Gasteiger partial charge in [0.05, 0.1) is 35.1 Å². The van der Waals surface area contributed by atoms with Gasteiger partial charge in [-0.05, 0) is 38.9 Å². The van der Waals surface area contributed by atoms with E-state index in [0.717, 1.165) is 6.07 Å². The van der Waals surface area contributed by atoms with E-state index in [1.54, 1.807) is 13.8 Å². The first-order valence-electron chi connectivity index (χ1n) is 10.3. The van der Waals surface area contributed by atoms with E-state index in [0.29, 0.717) is 46.5 Å². The van der Waals surface area contributed by atoms with Crippen molar-refractivity contribution in [2.45, 2.75) is 32.5 Å². The van der Waals surface area contributed by atoms with Gasteiger partial charge in [0.15, 0.2) is 5.82 Å². The number of amides is 1. The van der Waals surface area contributed by atoms with Crippen molar-refractivity contribution in [2.24, 2.45) is 5.73 Å². The topological polar surface area (TPSA) is 93.4 Å². The molecule has 1 saturated heterocycles. The summed E-state index contributed by atoms with van der Waals surface area (Å²) in [6, 6.07) is 3.64. The van der Waals surface area contributed by atoms with Crippen LogP contribution >= 0.6 is 11.6 Å². The molecule has 7 nitrogen and oxygen atoms in total. The number of hydrogen-bond acceptors (Lipinski definition) is 6. The number of nitrogens with two attached hydrogens (primary N) is 1. The Morgan fingerprint density at radius 1 is 1.28 bits per heavy atom. The van der Waals surface area contributed by atoms with E-state index in [-0.39, 0.29) is 30.9 Å². The van der Waals surface area contributed by atoms with Crippen LogP contribution in [0.5, 0.6) is 5.75 Å². The maximum Gasteiger partial charge on any atom is 0.258 e. The van der Waals surface area contributed by atoms with Crippen molar-refractivity contribution >= 4 is 23.1 Å². The molecule has 1 aromatic heterocycles. The minimum Gasteiger partial charge on any atom is -0.486 e. The van der Waals surface area contributed by atoms with Gasteiger partial charge in [0.25, 0.3) is 5.91 Å². The summed E-state index contributed by atoms with van der Waals surface area (Å²) < 4.78 is 33.9. The Bertz CT molecular complexity index is 1070. The van der Waals surface area contributed by atoms with Crippen LogP contribution in [0, 0.1) is 19.7 Å². The number of hydrogen-bond donors (Lipinski definition) is 2. The van der Waals surface area contributed by atoms with E-state index in [9.17, 15) is 13.6 Å². The second-order valence-electron chi connectivity index (χ2n) is 8.00. The molecule has 2 unspecified atom stereocenters. The Balaban J connectivity index is 1.57. The molecule has 1 fully saturated rings. The number of ether oxygens (including phenoxy) is 1. The second kappa shape index (κ2) is 8.99. The quantitative estimate of drug-likeness (QED) is 0.724. The zero-order valence-electron chi connectivity index (χ0n) is 17.8. The zero-order valence-corrected chi connectivity index (χ0v) is 18.5. The highest BCUT2D eigenvalue weighted by molar-refractivity contribution is 6.31. The molecule has 2 aliphatic heterocycles. The maximum absolute atomic E-state index is 14.2. The standard InChI is InChI=1S/C22H24ClF2N5O2/c1-11-20(23)12(2)29-21(28-11)15-9-30(10-17(15)26)22(31)14-4-3-13(24)7-19(14)32-18-5-6-27-8-16(18)25/h3-4,7,16,18,27H,5-6,8-10,26H2,1-2H3. The Morgan fingerprint density at radius 2 is 2.00 bits per heavy atom. The lowest BCUT2D eigenvalue weighted by Gasteiger charge is -2.28. The number of nitrogens with one attached hydrogen (secondary N) is 1. The van der Waals surface area contributed by atoms with E-state index in [1.165, 1.54) is 17.0 Å². The summed E-state index contributed by atoms with van der Waals surface area (Å²) >= 11 is 6.16. The van der Waals surface area contributed by atoms with Gasteiger partial charge in [0, 0.05) is 23.9 Å². The lowest BCUT2D eigenvalue weighted by atomic mass is 10.1. The first-order chi connectivity index (χ1) is 15.2. The van der Waals surface area contributed by atoms with Crippen LogP contribution in [0.1, 0.15) is 34.0 Å². The predicted molar refractivity (Wildman–Crippen MR) is 117 cm³/mol. The molecule has 4 rings (SSSR count). The molecule has 0 spiro atoms. The minimum absolute atomic E-state index is 0.0194. The smallest absolute Gasteiger partial charge is 0.258 e. The van der Waals surface area contributed by atoms with Crippen molar-refractivity contribution in [2.75, 3.05) is 26.2 Å². The summed E-state index contributed by atoms with van der Waals surface area (Å²) in [5.74, 6) is -0.528. The molecular formula is C22H24ClF2N5O2. The molecule has 10 heteroatoms. The van der Waals surface area contributed by atoms with Crippen molar-refractivity contribution in [3.05, 3.63) is 57.5 Å². The zero-order chi connectivity index (χ0) is 23.0. The number of carbonyl (C=O) groups is 1. The highest BCUT2D eigenvalue weighted by Crippen LogP contribution is 2.30. The van der Waals surface area contributed by atoms with Crippen LogP contribution in [0.15, 0.2) is 23.9 Å². The van der Waals surface area contributed by atoms with Crippen molar-refractivity contribution in [1.82, 2.24) is 20.2 Å². The first-order valence-corrected chi connectivity index (χ1v) is 10.7. The van der Waals surface area contributed by atoms with Crippen molar-refractivity contribution < 1.29 is 18.3 Å². The molecule has 32 heavy (non-hydrogen) atoms. The highest BCUT2D eigenvalue weighted by atomic mass is 35.5. The summed E-state index contributed by atoms with van der Waals surface area (Å²) in [6.07, 6.45) is -1.59. The number of nitrogens with zero attached hydrogens (tertiary/aromatic N) is 3. The average Bonchev–Trinajstić information content (AvgIpc) is 3.14. The number of aromatic nitrogens is 2. The van der Waals surface area contributed by atoms with E-state index in [1.807, 2.05) is 0 Å². The fourth-order valence-corrected chi connectivity index (χ4v) is 3.96. The van der Waals surface area contributed by atoms with Gasteiger partial charge in [-0.15, -0.1) is 0 Å². The van der Waals surface area contributed by atoms with E-state index in [2.05, 4.69) is 15.3 Å². The molecule has 0 bridgehead atoms. The normalized spacial score (nSPS) is 21.2. The van der Waals surface area contributed by atoms with Gasteiger partial charge >= 0.3 is 0 Å². The summed E-state index contributed by atoms with van der Waals surface area (Å²) in [7, 11) is 0. The van der Waals surface area contributed by atoms with Gasteiger partial charge in [-0.3, -0.25) is 4.79 Å². The fourth-order valence-electron chi connectivity index (χ4n) is 3.88. The molecular weight excluding hydrogens is 440 g/mol. The van der Waals surface area contributed by atoms with Crippen molar-refractivity contribution in [3.63, 3.8) is 0 Å². The third kappa shape index (κ3) is 4.40. The number of aryl methyl sites for hydroxylation is 2. The number of carbonyl (C=O) groups excluding carboxylic acids is 1. The third-order valence-corrected chi connectivity index (χ3v) is 6.19. The van der Waals surface area contributed by atoms with Gasteiger partial charge in [0.2, 0.25) is 0 Å². The van der Waals surface area contributed by atoms with Gasteiger partial charge in [-0.2, -0.15) is 0 Å². The molecule has 3 heterocycles. The fraction of sp³-hybridized carbons (Fsp3) is 0.409. The summed E-state index contributed by atoms with van der Waals surface area (Å²) in [5.41, 5.74) is 8.70. The molecule has 3 N–H and O–H groups in total. The van der Waals surface area contributed by atoms with E-state index < -0.39 is 24.0 Å². The molecule has 0 aliphatic carbocycles. The lowest BCUT2D eigenvalue weighted by molar-refractivity contribution is 0.0676. The summed E-state index contributed by atoms with van der Waals surface area (Å²) in [6.45, 7) is 4.63. The summed E-state index contributed by atoms with van der Waals surface area (Å²) in [4.78, 5) is 23.6. The van der Waals surface area contributed by atoms with Crippen molar-refractivity contribution in [3.8, 4) is 5.75 Å². The largest absolute Gasteiger partial charge is 0.486 e. The molecule has 0 saturated carbocycles. The van der Waals surface area contributed by atoms with Crippen LogP contribution in [0.25, 0.3) is 5.57 Å². The first kappa shape index (κ1) is 22.4. The summed E-state index contributed by atoms with van der Waals surface area (Å²) in [5, 5.41) is 3.42. The number of rotatable bonds is 4. The molecule has 2 aliphatic rings. The van der Waals surface area contributed by atoms with Crippen LogP contribution in [0.4, 0.5) is 8.78 Å². The van der Waals surface area contributed by atoms with Crippen LogP contribution in [-0.2, 0) is 0 Å². The Morgan fingerprint density at radius 3 is 2.69 bits per heavy atom. The molecule has 0 radical (unpaired) electrons. The van der Waals surface area contributed by atoms with E-state index in [4.69, 9.17) is 22.1 Å². The molecule has 170 valence electrons. The number of benzene rings is 1. The van der Waals surface area contributed by atoms with Crippen molar-refractivity contribution in [1.29, 1.82) is 0 Å². The van der Waals surface area contributed by atoms with Gasteiger partial charge < -0.3 is 20.7 Å². The Labute approximate surface area is 189 Å². The Hall–Kier alpha value is -2.78. The lowest BCUT2D eigenvalue weighted by Crippen LogP contribution is -2.44. The third-order valence-electron chi connectivity index (χ3n) is 5.64. The van der Waals surface area contributed by atoms with Crippen LogP contribution in [-0.4, -0.2) is 59.2 Å².